The molecule has 0 bridgehead atoms. The number of methoxy groups -OCH3 is 1. The van der Waals surface area contributed by atoms with Gasteiger partial charge in [0.25, 0.3) is 5.91 Å². The van der Waals surface area contributed by atoms with Gasteiger partial charge in [0.1, 0.15) is 18.2 Å². The van der Waals surface area contributed by atoms with E-state index in [9.17, 15) is 4.79 Å². The number of nitrogens with zero attached hydrogens (tertiary/aromatic N) is 2. The van der Waals surface area contributed by atoms with E-state index in [-0.39, 0.29) is 11.7 Å². The topological polar surface area (TPSA) is 69.3 Å². The predicted octanol–water partition coefficient (Wildman–Crippen LogP) is 3.58. The lowest BCUT2D eigenvalue weighted by Gasteiger charge is -2.08. The maximum absolute atomic E-state index is 12.3. The van der Waals surface area contributed by atoms with Crippen molar-refractivity contribution in [3.8, 4) is 0 Å². The highest BCUT2D eigenvalue weighted by molar-refractivity contribution is 6.30. The minimum Gasteiger partial charge on any atom is -0.453 e. The van der Waals surface area contributed by atoms with Crippen molar-refractivity contribution in [3.05, 3.63) is 70.8 Å². The monoisotopic (exact) mass is 345 g/mol. The number of benzene rings is 1. The number of nitrogens with one attached hydrogen (secondary N) is 1. The summed E-state index contributed by atoms with van der Waals surface area (Å²) < 4.78 is 12.1. The highest BCUT2D eigenvalue weighted by Gasteiger charge is 2.14. The second-order valence-corrected chi connectivity index (χ2v) is 5.59. The van der Waals surface area contributed by atoms with Crippen molar-refractivity contribution in [2.75, 3.05) is 12.4 Å². The Balaban J connectivity index is 1.71. The second kappa shape index (κ2) is 7.33. The highest BCUT2D eigenvalue weighted by Crippen LogP contribution is 2.16. The van der Waals surface area contributed by atoms with E-state index >= 15 is 0 Å². The Labute approximate surface area is 144 Å². The molecular formula is C17H16ClN3O3. The molecule has 1 amide bonds. The van der Waals surface area contributed by atoms with Gasteiger partial charge in [0, 0.05) is 18.2 Å². The van der Waals surface area contributed by atoms with E-state index in [1.54, 1.807) is 36.2 Å². The van der Waals surface area contributed by atoms with Crippen LogP contribution in [0.4, 0.5) is 5.82 Å². The molecule has 0 saturated heterocycles. The van der Waals surface area contributed by atoms with Gasteiger partial charge in [-0.3, -0.25) is 4.79 Å². The van der Waals surface area contributed by atoms with E-state index in [0.29, 0.717) is 29.8 Å². The Bertz CT molecular complexity index is 841. The Kier molecular flexibility index (Phi) is 4.98. The lowest BCUT2D eigenvalue weighted by molar-refractivity contribution is 0.0986. The van der Waals surface area contributed by atoms with Gasteiger partial charge in [-0.2, -0.15) is 5.10 Å². The first-order valence-corrected chi connectivity index (χ1v) is 7.69. The molecule has 24 heavy (non-hydrogen) atoms. The average molecular weight is 346 g/mol. The van der Waals surface area contributed by atoms with Gasteiger partial charge in [-0.25, -0.2) is 4.68 Å². The first-order valence-electron chi connectivity index (χ1n) is 7.31. The van der Waals surface area contributed by atoms with Crippen LogP contribution in [0.5, 0.6) is 0 Å². The third-order valence-electron chi connectivity index (χ3n) is 3.35. The Morgan fingerprint density at radius 3 is 3.00 bits per heavy atom. The van der Waals surface area contributed by atoms with Gasteiger partial charge in [0.15, 0.2) is 5.76 Å². The van der Waals surface area contributed by atoms with Crippen LogP contribution >= 0.6 is 11.6 Å². The van der Waals surface area contributed by atoms with E-state index in [2.05, 4.69) is 10.4 Å². The fraction of sp³-hybridized carbons (Fsp3) is 0.176. The van der Waals surface area contributed by atoms with Crippen molar-refractivity contribution in [2.45, 2.75) is 13.2 Å². The molecular weight excluding hydrogens is 330 g/mol. The molecule has 0 atom stereocenters. The summed E-state index contributed by atoms with van der Waals surface area (Å²) in [7, 11) is 1.57. The number of hydrogen-bond donors (Lipinski definition) is 1. The van der Waals surface area contributed by atoms with Crippen molar-refractivity contribution in [2.24, 2.45) is 0 Å². The molecule has 1 N–H and O–H groups in total. The summed E-state index contributed by atoms with van der Waals surface area (Å²) in [6.45, 7) is 0.816. The minimum atomic E-state index is -0.342. The van der Waals surface area contributed by atoms with Crippen LogP contribution in [0.25, 0.3) is 0 Å². The molecule has 0 aliphatic heterocycles. The van der Waals surface area contributed by atoms with E-state index in [1.165, 1.54) is 0 Å². The maximum Gasteiger partial charge on any atom is 0.292 e. The average Bonchev–Trinajstić information content (AvgIpc) is 3.18. The van der Waals surface area contributed by atoms with Crippen LogP contribution in [-0.4, -0.2) is 22.8 Å². The number of amides is 1. The Morgan fingerprint density at radius 2 is 2.21 bits per heavy atom. The van der Waals surface area contributed by atoms with Crippen LogP contribution in [0.2, 0.25) is 5.02 Å². The molecule has 0 unspecified atom stereocenters. The summed E-state index contributed by atoms with van der Waals surface area (Å²) in [6.07, 6.45) is 1.62. The third kappa shape index (κ3) is 3.84. The first-order chi connectivity index (χ1) is 11.7. The largest absolute Gasteiger partial charge is 0.453 e. The van der Waals surface area contributed by atoms with Crippen molar-refractivity contribution in [3.63, 3.8) is 0 Å². The molecule has 6 nitrogen and oxygen atoms in total. The zero-order valence-corrected chi connectivity index (χ0v) is 13.8. The maximum atomic E-state index is 12.3. The van der Waals surface area contributed by atoms with E-state index in [0.717, 1.165) is 5.56 Å². The van der Waals surface area contributed by atoms with Crippen molar-refractivity contribution >= 4 is 23.3 Å². The molecule has 3 aromatic rings. The summed E-state index contributed by atoms with van der Waals surface area (Å²) in [5.41, 5.74) is 0.988. The normalized spacial score (nSPS) is 10.8. The lowest BCUT2D eigenvalue weighted by Crippen LogP contribution is -2.15. The van der Waals surface area contributed by atoms with Crippen LogP contribution in [0.15, 0.2) is 53.1 Å². The van der Waals surface area contributed by atoms with E-state index in [1.807, 2.05) is 24.3 Å². The van der Waals surface area contributed by atoms with Crippen LogP contribution < -0.4 is 5.32 Å². The molecule has 0 aliphatic carbocycles. The first kappa shape index (κ1) is 16.3. The van der Waals surface area contributed by atoms with Crippen LogP contribution in [0.3, 0.4) is 0 Å². The van der Waals surface area contributed by atoms with Gasteiger partial charge in [-0.15, -0.1) is 0 Å². The SMILES string of the molecule is COCc1ccc(C(=O)Nc2ccnn2Cc2cccc(Cl)c2)o1. The number of halogens is 1. The second-order valence-electron chi connectivity index (χ2n) is 5.16. The molecule has 0 aliphatic rings. The van der Waals surface area contributed by atoms with Crippen molar-refractivity contribution in [1.29, 1.82) is 0 Å². The Hall–Kier alpha value is -2.57. The highest BCUT2D eigenvalue weighted by atomic mass is 35.5. The van der Waals surface area contributed by atoms with Crippen LogP contribution in [-0.2, 0) is 17.9 Å². The van der Waals surface area contributed by atoms with E-state index < -0.39 is 0 Å². The molecule has 3 rings (SSSR count). The van der Waals surface area contributed by atoms with Gasteiger partial charge in [-0.05, 0) is 29.8 Å². The third-order valence-corrected chi connectivity index (χ3v) is 3.59. The molecule has 0 spiro atoms. The standard InChI is InChI=1S/C17H16ClN3O3/c1-23-11-14-5-6-15(24-14)17(22)20-16-7-8-19-21(16)10-12-3-2-4-13(18)9-12/h2-9H,10-11H2,1H3,(H,20,22). The number of rotatable bonds is 6. The summed E-state index contributed by atoms with van der Waals surface area (Å²) in [5.74, 6) is 1.04. The van der Waals surface area contributed by atoms with Crippen LogP contribution in [0, 0.1) is 0 Å². The smallest absolute Gasteiger partial charge is 0.292 e. The zero-order valence-electron chi connectivity index (χ0n) is 13.0. The number of ether oxygens (including phenoxy) is 1. The van der Waals surface area contributed by atoms with Gasteiger partial charge in [0.05, 0.1) is 12.7 Å². The molecule has 0 radical (unpaired) electrons. The number of carbonyl (C=O) groups excluding carboxylic acids is 1. The number of aromatic nitrogens is 2. The summed E-state index contributed by atoms with van der Waals surface area (Å²) in [5, 5.41) is 7.68. The summed E-state index contributed by atoms with van der Waals surface area (Å²) >= 11 is 6.00. The summed E-state index contributed by atoms with van der Waals surface area (Å²) in [6, 6.07) is 12.5. The van der Waals surface area contributed by atoms with Gasteiger partial charge < -0.3 is 14.5 Å². The minimum absolute atomic E-state index is 0.220. The molecule has 0 saturated carbocycles. The molecule has 1 aromatic carbocycles. The number of carbonyl (C=O) groups is 1. The van der Waals surface area contributed by atoms with Crippen molar-refractivity contribution < 1.29 is 13.9 Å². The predicted molar refractivity (Wildman–Crippen MR) is 90.2 cm³/mol. The Morgan fingerprint density at radius 1 is 1.33 bits per heavy atom. The van der Waals surface area contributed by atoms with Gasteiger partial charge >= 0.3 is 0 Å². The lowest BCUT2D eigenvalue weighted by atomic mass is 10.2. The van der Waals surface area contributed by atoms with Gasteiger partial charge in [-0.1, -0.05) is 23.7 Å². The van der Waals surface area contributed by atoms with Crippen LogP contribution in [0.1, 0.15) is 21.9 Å². The van der Waals surface area contributed by atoms with Gasteiger partial charge in [0.2, 0.25) is 0 Å². The summed E-state index contributed by atoms with van der Waals surface area (Å²) in [4.78, 5) is 12.3. The zero-order chi connectivity index (χ0) is 16.9. The molecule has 7 heteroatoms. The quantitative estimate of drug-likeness (QED) is 0.741. The molecule has 124 valence electrons. The number of hydrogen-bond acceptors (Lipinski definition) is 4. The molecule has 2 heterocycles. The molecule has 0 fully saturated rings. The number of anilines is 1. The van der Waals surface area contributed by atoms with Crippen molar-refractivity contribution in [1.82, 2.24) is 9.78 Å². The number of furan rings is 1. The molecule has 2 aromatic heterocycles. The van der Waals surface area contributed by atoms with E-state index in [4.69, 9.17) is 20.8 Å². The fourth-order valence-electron chi connectivity index (χ4n) is 2.27. The fourth-order valence-corrected chi connectivity index (χ4v) is 2.48.